The van der Waals surface area contributed by atoms with Crippen molar-refractivity contribution in [3.8, 4) is 0 Å². The first-order chi connectivity index (χ1) is 12.5. The average Bonchev–Trinajstić information content (AvgIpc) is 3.12. The zero-order valence-electron chi connectivity index (χ0n) is 14.8. The summed E-state index contributed by atoms with van der Waals surface area (Å²) < 4.78 is 0. The second-order valence-corrected chi connectivity index (χ2v) is 6.62. The highest BCUT2D eigenvalue weighted by Gasteiger charge is 2.24. The topological polar surface area (TPSA) is 86.9 Å². The molecule has 0 spiro atoms. The number of aromatic nitrogens is 2. The third-order valence-electron chi connectivity index (χ3n) is 4.21. The van der Waals surface area contributed by atoms with E-state index in [1.54, 1.807) is 6.20 Å². The number of aromatic amines is 1. The van der Waals surface area contributed by atoms with E-state index in [0.717, 1.165) is 16.3 Å². The van der Waals surface area contributed by atoms with Gasteiger partial charge in [-0.2, -0.15) is 5.10 Å². The Morgan fingerprint density at radius 2 is 1.88 bits per heavy atom. The van der Waals surface area contributed by atoms with Gasteiger partial charge in [0.15, 0.2) is 0 Å². The van der Waals surface area contributed by atoms with Gasteiger partial charge in [0, 0.05) is 6.20 Å². The minimum Gasteiger partial charge on any atom is -0.344 e. The van der Waals surface area contributed by atoms with Crippen LogP contribution in [0.3, 0.4) is 0 Å². The third-order valence-corrected chi connectivity index (χ3v) is 4.21. The summed E-state index contributed by atoms with van der Waals surface area (Å²) in [4.78, 5) is 24.9. The first-order valence-corrected chi connectivity index (χ1v) is 8.59. The maximum atomic E-state index is 12.5. The van der Waals surface area contributed by atoms with Crippen LogP contribution in [-0.4, -0.2) is 28.1 Å². The van der Waals surface area contributed by atoms with Gasteiger partial charge >= 0.3 is 0 Å². The number of benzene rings is 2. The Bertz CT molecular complexity index is 903. The molecule has 3 aromatic rings. The van der Waals surface area contributed by atoms with Gasteiger partial charge in [0.2, 0.25) is 11.8 Å². The Hall–Kier alpha value is -3.15. The first kappa shape index (κ1) is 17.7. The van der Waals surface area contributed by atoms with Crippen LogP contribution in [0.5, 0.6) is 0 Å². The van der Waals surface area contributed by atoms with Crippen LogP contribution in [0.2, 0.25) is 0 Å². The lowest BCUT2D eigenvalue weighted by molar-refractivity contribution is -0.127. The number of anilines is 1. The van der Waals surface area contributed by atoms with E-state index in [4.69, 9.17) is 0 Å². The van der Waals surface area contributed by atoms with Crippen LogP contribution in [0.1, 0.15) is 19.4 Å². The molecule has 0 aliphatic rings. The molecule has 1 aromatic heterocycles. The maximum Gasteiger partial charge on any atom is 0.247 e. The van der Waals surface area contributed by atoms with Crippen molar-refractivity contribution in [1.82, 2.24) is 15.5 Å². The van der Waals surface area contributed by atoms with Gasteiger partial charge < -0.3 is 10.6 Å². The van der Waals surface area contributed by atoms with Crippen molar-refractivity contribution < 1.29 is 9.59 Å². The summed E-state index contributed by atoms with van der Waals surface area (Å²) in [5.41, 5.74) is 1.49. The molecular formula is C20H22N4O2. The summed E-state index contributed by atoms with van der Waals surface area (Å²) in [6.07, 6.45) is 3.34. The molecular weight excluding hydrogens is 328 g/mol. The van der Waals surface area contributed by atoms with Gasteiger partial charge in [-0.15, -0.1) is 0 Å². The van der Waals surface area contributed by atoms with Gasteiger partial charge in [0.1, 0.15) is 6.04 Å². The molecule has 134 valence electrons. The monoisotopic (exact) mass is 350 g/mol. The summed E-state index contributed by atoms with van der Waals surface area (Å²) in [5.74, 6) is -0.475. The highest BCUT2D eigenvalue weighted by molar-refractivity contribution is 5.97. The van der Waals surface area contributed by atoms with Gasteiger partial charge in [-0.25, -0.2) is 0 Å². The third kappa shape index (κ3) is 4.27. The van der Waals surface area contributed by atoms with E-state index in [1.807, 2.05) is 56.3 Å². The standard InChI is InChI=1S/C20H22N4O2/c1-13(2)19(20(26)23-17-11-21-22-12-17)24-18(25)10-14-7-8-15-5-3-4-6-16(15)9-14/h3-9,11-13,19H,10H2,1-2H3,(H,21,22)(H,23,26)(H,24,25). The summed E-state index contributed by atoms with van der Waals surface area (Å²) >= 11 is 0. The van der Waals surface area contributed by atoms with Crippen LogP contribution in [0.25, 0.3) is 10.8 Å². The fourth-order valence-corrected chi connectivity index (χ4v) is 2.83. The maximum absolute atomic E-state index is 12.5. The van der Waals surface area contributed by atoms with Crippen molar-refractivity contribution in [2.45, 2.75) is 26.3 Å². The first-order valence-electron chi connectivity index (χ1n) is 8.59. The number of carbonyl (C=O) groups is 2. The fourth-order valence-electron chi connectivity index (χ4n) is 2.83. The van der Waals surface area contributed by atoms with Crippen LogP contribution >= 0.6 is 0 Å². The van der Waals surface area contributed by atoms with Gasteiger partial charge in [-0.1, -0.05) is 56.3 Å². The molecule has 1 atom stereocenters. The zero-order chi connectivity index (χ0) is 18.5. The average molecular weight is 350 g/mol. The van der Waals surface area contributed by atoms with Crippen molar-refractivity contribution in [2.75, 3.05) is 5.32 Å². The number of carbonyl (C=O) groups excluding carboxylic acids is 2. The van der Waals surface area contributed by atoms with Crippen LogP contribution in [-0.2, 0) is 16.0 Å². The van der Waals surface area contributed by atoms with Crippen LogP contribution in [0.4, 0.5) is 5.69 Å². The molecule has 1 heterocycles. The number of rotatable bonds is 6. The van der Waals surface area contributed by atoms with Gasteiger partial charge in [0.25, 0.3) is 0 Å². The molecule has 0 aliphatic carbocycles. The lowest BCUT2D eigenvalue weighted by atomic mass is 10.0. The van der Waals surface area contributed by atoms with Crippen molar-refractivity contribution in [1.29, 1.82) is 0 Å². The Morgan fingerprint density at radius 1 is 1.12 bits per heavy atom. The number of amides is 2. The molecule has 0 aliphatic heterocycles. The number of nitrogens with one attached hydrogen (secondary N) is 3. The fraction of sp³-hybridized carbons (Fsp3) is 0.250. The molecule has 3 N–H and O–H groups in total. The normalized spacial score (nSPS) is 12.1. The van der Waals surface area contributed by atoms with Crippen molar-refractivity contribution in [3.63, 3.8) is 0 Å². The Balaban J connectivity index is 1.66. The molecule has 0 saturated heterocycles. The van der Waals surface area contributed by atoms with E-state index in [9.17, 15) is 9.59 Å². The van der Waals surface area contributed by atoms with E-state index >= 15 is 0 Å². The summed E-state index contributed by atoms with van der Waals surface area (Å²) in [6.45, 7) is 3.80. The summed E-state index contributed by atoms with van der Waals surface area (Å²) in [6, 6.07) is 13.4. The molecule has 6 heteroatoms. The highest BCUT2D eigenvalue weighted by Crippen LogP contribution is 2.16. The lowest BCUT2D eigenvalue weighted by Crippen LogP contribution is -2.47. The van der Waals surface area contributed by atoms with Gasteiger partial charge in [0.05, 0.1) is 18.3 Å². The molecule has 0 bridgehead atoms. The number of fused-ring (bicyclic) bond motifs is 1. The summed E-state index contributed by atoms with van der Waals surface area (Å²) in [5, 5.41) is 14.3. The predicted octanol–water partition coefficient (Wildman–Crippen LogP) is 2.88. The molecule has 2 amide bonds. The van der Waals surface area contributed by atoms with E-state index in [2.05, 4.69) is 20.8 Å². The molecule has 0 fully saturated rings. The smallest absolute Gasteiger partial charge is 0.247 e. The van der Waals surface area contributed by atoms with Crippen molar-refractivity contribution in [2.24, 2.45) is 5.92 Å². The number of hydrogen-bond donors (Lipinski definition) is 3. The number of hydrogen-bond acceptors (Lipinski definition) is 3. The molecule has 1 unspecified atom stereocenters. The van der Waals surface area contributed by atoms with Crippen LogP contribution in [0, 0.1) is 5.92 Å². The van der Waals surface area contributed by atoms with E-state index in [0.29, 0.717) is 5.69 Å². The Labute approximate surface area is 152 Å². The molecule has 3 rings (SSSR count). The quantitative estimate of drug-likeness (QED) is 0.639. The SMILES string of the molecule is CC(C)C(NC(=O)Cc1ccc2ccccc2c1)C(=O)Nc1cn[nH]c1. The number of nitrogens with zero attached hydrogens (tertiary/aromatic N) is 1. The second kappa shape index (κ2) is 7.82. The molecule has 26 heavy (non-hydrogen) atoms. The van der Waals surface area contributed by atoms with E-state index in [1.165, 1.54) is 6.20 Å². The van der Waals surface area contributed by atoms with Gasteiger partial charge in [-0.05, 0) is 22.3 Å². The van der Waals surface area contributed by atoms with Crippen LogP contribution in [0.15, 0.2) is 54.9 Å². The Kier molecular flexibility index (Phi) is 5.31. The molecule has 2 aromatic carbocycles. The second-order valence-electron chi connectivity index (χ2n) is 6.62. The van der Waals surface area contributed by atoms with Gasteiger partial charge in [-0.3, -0.25) is 14.7 Å². The van der Waals surface area contributed by atoms with Crippen LogP contribution < -0.4 is 10.6 Å². The minimum absolute atomic E-state index is 0.0394. The Morgan fingerprint density at radius 3 is 2.58 bits per heavy atom. The van der Waals surface area contributed by atoms with Crippen molar-refractivity contribution in [3.05, 3.63) is 60.4 Å². The summed E-state index contributed by atoms with van der Waals surface area (Å²) in [7, 11) is 0. The largest absolute Gasteiger partial charge is 0.344 e. The molecule has 0 saturated carbocycles. The van der Waals surface area contributed by atoms with E-state index < -0.39 is 6.04 Å². The predicted molar refractivity (Wildman–Crippen MR) is 102 cm³/mol. The van der Waals surface area contributed by atoms with E-state index in [-0.39, 0.29) is 24.2 Å². The van der Waals surface area contributed by atoms with Crippen molar-refractivity contribution >= 4 is 28.3 Å². The molecule has 0 radical (unpaired) electrons. The highest BCUT2D eigenvalue weighted by atomic mass is 16.2. The minimum atomic E-state index is -0.613. The lowest BCUT2D eigenvalue weighted by Gasteiger charge is -2.21. The molecule has 6 nitrogen and oxygen atoms in total. The number of H-pyrrole nitrogens is 1. The zero-order valence-corrected chi connectivity index (χ0v) is 14.8.